The van der Waals surface area contributed by atoms with Gasteiger partial charge in [0.2, 0.25) is 5.91 Å². The summed E-state index contributed by atoms with van der Waals surface area (Å²) < 4.78 is 49.6. The number of carbonyl (C=O) groups is 2. The number of amides is 2. The summed E-state index contributed by atoms with van der Waals surface area (Å²) >= 11 is 0. The average Bonchev–Trinajstić information content (AvgIpc) is 3.16. The van der Waals surface area contributed by atoms with E-state index in [1.165, 1.54) is 17.0 Å². The Kier molecular flexibility index (Phi) is 5.66. The molecule has 0 aliphatic carbocycles. The van der Waals surface area contributed by atoms with Crippen LogP contribution >= 0.6 is 0 Å². The third-order valence-electron chi connectivity index (χ3n) is 4.56. The van der Waals surface area contributed by atoms with Gasteiger partial charge in [-0.15, -0.1) is 0 Å². The average molecular weight is 398 g/mol. The molecule has 0 radical (unpaired) electrons. The monoisotopic (exact) mass is 398 g/mol. The standard InChI is InChI=1S/C18H18F4N4O2/c19-13-3-1-11(2-4-13)14-9-15(25-24-14)17(28)26-7-5-12(6-8-26)16(27)23-10-18(20,21)22/h1-4,9,12H,5-8,10H2,(H,23,27)(H,24,25). The van der Waals surface area contributed by atoms with Crippen LogP contribution < -0.4 is 5.32 Å². The molecule has 1 aliphatic heterocycles. The highest BCUT2D eigenvalue weighted by molar-refractivity contribution is 5.93. The number of carbonyl (C=O) groups excluding carboxylic acids is 2. The summed E-state index contributed by atoms with van der Waals surface area (Å²) in [6, 6.07) is 7.23. The van der Waals surface area contributed by atoms with Crippen molar-refractivity contribution in [3.05, 3.63) is 41.8 Å². The summed E-state index contributed by atoms with van der Waals surface area (Å²) in [4.78, 5) is 25.9. The van der Waals surface area contributed by atoms with Crippen LogP contribution in [0.25, 0.3) is 11.3 Å². The van der Waals surface area contributed by atoms with Gasteiger partial charge in [0.15, 0.2) is 0 Å². The van der Waals surface area contributed by atoms with Crippen molar-refractivity contribution in [2.75, 3.05) is 19.6 Å². The Morgan fingerprint density at radius 1 is 1.18 bits per heavy atom. The first kappa shape index (κ1) is 19.8. The predicted octanol–water partition coefficient (Wildman–Crippen LogP) is 2.75. The summed E-state index contributed by atoms with van der Waals surface area (Å²) in [5.41, 5.74) is 1.39. The molecule has 1 aromatic carbocycles. The lowest BCUT2D eigenvalue weighted by Crippen LogP contribution is -2.44. The minimum absolute atomic E-state index is 0.249. The summed E-state index contributed by atoms with van der Waals surface area (Å²) in [5, 5.41) is 8.59. The van der Waals surface area contributed by atoms with E-state index in [0.29, 0.717) is 11.3 Å². The molecule has 1 aliphatic rings. The van der Waals surface area contributed by atoms with Crippen LogP contribution in [0.5, 0.6) is 0 Å². The molecule has 1 aromatic heterocycles. The Bertz CT molecular complexity index is 840. The predicted molar refractivity (Wildman–Crippen MR) is 91.7 cm³/mol. The van der Waals surface area contributed by atoms with E-state index in [9.17, 15) is 27.2 Å². The lowest BCUT2D eigenvalue weighted by molar-refractivity contribution is -0.141. The van der Waals surface area contributed by atoms with Crippen molar-refractivity contribution in [1.82, 2.24) is 20.4 Å². The van der Waals surface area contributed by atoms with Crippen LogP contribution in [-0.2, 0) is 4.79 Å². The maximum absolute atomic E-state index is 13.0. The molecule has 150 valence electrons. The first-order valence-electron chi connectivity index (χ1n) is 8.68. The Morgan fingerprint density at radius 3 is 2.43 bits per heavy atom. The number of rotatable bonds is 4. The summed E-state index contributed by atoms with van der Waals surface area (Å²) in [6.07, 6.45) is -3.88. The molecule has 2 heterocycles. The second-order valence-corrected chi connectivity index (χ2v) is 6.57. The minimum Gasteiger partial charge on any atom is -0.347 e. The number of piperidine rings is 1. The normalized spacial score (nSPS) is 15.5. The number of nitrogens with zero attached hydrogens (tertiary/aromatic N) is 2. The third-order valence-corrected chi connectivity index (χ3v) is 4.56. The van der Waals surface area contributed by atoms with Gasteiger partial charge in [0.25, 0.3) is 5.91 Å². The molecule has 0 saturated carbocycles. The number of hydrogen-bond donors (Lipinski definition) is 2. The number of H-pyrrole nitrogens is 1. The van der Waals surface area contributed by atoms with E-state index in [4.69, 9.17) is 0 Å². The molecule has 0 bridgehead atoms. The van der Waals surface area contributed by atoms with Crippen LogP contribution in [0.2, 0.25) is 0 Å². The van der Waals surface area contributed by atoms with Crippen molar-refractivity contribution in [2.45, 2.75) is 19.0 Å². The third kappa shape index (κ3) is 4.87. The zero-order valence-electron chi connectivity index (χ0n) is 14.7. The first-order valence-corrected chi connectivity index (χ1v) is 8.68. The Labute approximate surface area is 157 Å². The van der Waals surface area contributed by atoms with E-state index in [2.05, 4.69) is 10.2 Å². The number of likely N-dealkylation sites (tertiary alicyclic amines) is 1. The van der Waals surface area contributed by atoms with E-state index in [-0.39, 0.29) is 43.3 Å². The number of halogens is 4. The van der Waals surface area contributed by atoms with Crippen LogP contribution in [0, 0.1) is 11.7 Å². The fraction of sp³-hybridized carbons (Fsp3) is 0.389. The van der Waals surface area contributed by atoms with Gasteiger partial charge in [-0.25, -0.2) is 4.39 Å². The van der Waals surface area contributed by atoms with Gasteiger partial charge in [0.1, 0.15) is 18.1 Å². The van der Waals surface area contributed by atoms with Gasteiger partial charge in [0, 0.05) is 24.6 Å². The van der Waals surface area contributed by atoms with Crippen LogP contribution in [0.1, 0.15) is 23.3 Å². The highest BCUT2D eigenvalue weighted by atomic mass is 19.4. The zero-order valence-corrected chi connectivity index (χ0v) is 14.7. The highest BCUT2D eigenvalue weighted by Crippen LogP contribution is 2.22. The minimum atomic E-state index is -4.45. The molecule has 2 N–H and O–H groups in total. The van der Waals surface area contributed by atoms with E-state index in [1.807, 2.05) is 5.32 Å². The van der Waals surface area contributed by atoms with Gasteiger partial charge in [0.05, 0.1) is 5.69 Å². The second kappa shape index (κ2) is 7.99. The number of hydrogen-bond acceptors (Lipinski definition) is 3. The molecule has 2 aromatic rings. The SMILES string of the molecule is O=C(NCC(F)(F)F)C1CCN(C(=O)c2cc(-c3ccc(F)cc3)n[nH]2)CC1. The number of nitrogens with one attached hydrogen (secondary N) is 2. The summed E-state index contributed by atoms with van der Waals surface area (Å²) in [7, 11) is 0. The quantitative estimate of drug-likeness (QED) is 0.778. The maximum atomic E-state index is 13.0. The van der Waals surface area contributed by atoms with Crippen LogP contribution in [0.3, 0.4) is 0 Å². The summed E-state index contributed by atoms with van der Waals surface area (Å²) in [5.74, 6) is -1.89. The Balaban J connectivity index is 1.55. The van der Waals surface area contributed by atoms with Crippen molar-refractivity contribution in [2.24, 2.45) is 5.92 Å². The second-order valence-electron chi connectivity index (χ2n) is 6.57. The molecule has 1 saturated heterocycles. The van der Waals surface area contributed by atoms with Gasteiger partial charge in [-0.1, -0.05) is 0 Å². The van der Waals surface area contributed by atoms with E-state index >= 15 is 0 Å². The maximum Gasteiger partial charge on any atom is 0.405 e. The molecule has 10 heteroatoms. The zero-order chi connectivity index (χ0) is 20.3. The largest absolute Gasteiger partial charge is 0.405 e. The van der Waals surface area contributed by atoms with Crippen LogP contribution in [-0.4, -0.2) is 52.7 Å². The van der Waals surface area contributed by atoms with Crippen molar-refractivity contribution in [1.29, 1.82) is 0 Å². The molecule has 0 unspecified atom stereocenters. The molecule has 28 heavy (non-hydrogen) atoms. The fourth-order valence-electron chi connectivity index (χ4n) is 3.05. The van der Waals surface area contributed by atoms with Gasteiger partial charge in [-0.05, 0) is 43.2 Å². The molecule has 3 rings (SSSR count). The number of alkyl halides is 3. The fourth-order valence-corrected chi connectivity index (χ4v) is 3.05. The van der Waals surface area contributed by atoms with Crippen LogP contribution in [0.4, 0.5) is 17.6 Å². The Hall–Kier alpha value is -2.91. The van der Waals surface area contributed by atoms with Gasteiger partial charge in [-0.3, -0.25) is 14.7 Å². The van der Waals surface area contributed by atoms with Gasteiger partial charge >= 0.3 is 6.18 Å². The highest BCUT2D eigenvalue weighted by Gasteiger charge is 2.32. The van der Waals surface area contributed by atoms with Crippen molar-refractivity contribution < 1.29 is 27.2 Å². The number of benzene rings is 1. The molecule has 1 fully saturated rings. The van der Waals surface area contributed by atoms with Gasteiger partial charge < -0.3 is 10.2 Å². The molecular weight excluding hydrogens is 380 g/mol. The topological polar surface area (TPSA) is 78.1 Å². The van der Waals surface area contributed by atoms with E-state index in [0.717, 1.165) is 0 Å². The van der Waals surface area contributed by atoms with Crippen molar-refractivity contribution >= 4 is 11.8 Å². The molecule has 2 amide bonds. The summed E-state index contributed by atoms with van der Waals surface area (Å²) in [6.45, 7) is -0.840. The molecule has 0 atom stereocenters. The lowest BCUT2D eigenvalue weighted by Gasteiger charge is -2.31. The molecular formula is C18H18F4N4O2. The molecule has 0 spiro atoms. The lowest BCUT2D eigenvalue weighted by atomic mass is 9.95. The van der Waals surface area contributed by atoms with E-state index < -0.39 is 24.5 Å². The van der Waals surface area contributed by atoms with Crippen molar-refractivity contribution in [3.8, 4) is 11.3 Å². The van der Waals surface area contributed by atoms with Crippen molar-refractivity contribution in [3.63, 3.8) is 0 Å². The first-order chi connectivity index (χ1) is 13.2. The smallest absolute Gasteiger partial charge is 0.347 e. The number of aromatic amines is 1. The van der Waals surface area contributed by atoms with Crippen LogP contribution in [0.15, 0.2) is 30.3 Å². The van der Waals surface area contributed by atoms with Gasteiger partial charge in [-0.2, -0.15) is 18.3 Å². The molecule has 6 nitrogen and oxygen atoms in total. The number of aromatic nitrogens is 2. The Morgan fingerprint density at radius 2 is 1.82 bits per heavy atom. The van der Waals surface area contributed by atoms with E-state index in [1.54, 1.807) is 18.2 Å².